The second-order valence-corrected chi connectivity index (χ2v) is 4.11. The molecule has 5 heteroatoms. The molecule has 2 rings (SSSR count). The highest BCUT2D eigenvalue weighted by Gasteiger charge is 1.99. The first kappa shape index (κ1) is 9.21. The molecule has 4 nitrogen and oxygen atoms in total. The van der Waals surface area contributed by atoms with Crippen LogP contribution in [0.4, 0.5) is 5.69 Å². The van der Waals surface area contributed by atoms with Crippen molar-refractivity contribution in [2.24, 2.45) is 0 Å². The second-order valence-electron chi connectivity index (χ2n) is 2.91. The van der Waals surface area contributed by atoms with Crippen molar-refractivity contribution in [3.63, 3.8) is 0 Å². The molecular formula is C9H12N4S. The van der Waals surface area contributed by atoms with E-state index in [1.807, 2.05) is 12.4 Å². The van der Waals surface area contributed by atoms with E-state index in [1.165, 1.54) is 9.88 Å². The number of hydrogen-bond donors (Lipinski definition) is 2. The van der Waals surface area contributed by atoms with E-state index in [4.69, 9.17) is 0 Å². The summed E-state index contributed by atoms with van der Waals surface area (Å²) in [6, 6.07) is 0. The van der Waals surface area contributed by atoms with Crippen molar-refractivity contribution < 1.29 is 0 Å². The van der Waals surface area contributed by atoms with Gasteiger partial charge >= 0.3 is 0 Å². The molecule has 0 fully saturated rings. The molecule has 2 N–H and O–H groups in total. The number of aryl methyl sites for hydroxylation is 1. The van der Waals surface area contributed by atoms with Crippen LogP contribution in [-0.4, -0.2) is 15.2 Å². The summed E-state index contributed by atoms with van der Waals surface area (Å²) in [6.07, 6.45) is 6.54. The van der Waals surface area contributed by atoms with Gasteiger partial charge in [0, 0.05) is 17.3 Å². The minimum atomic E-state index is 0.817. The van der Waals surface area contributed by atoms with Gasteiger partial charge in [0.25, 0.3) is 0 Å². The molecule has 0 spiro atoms. The highest BCUT2D eigenvalue weighted by molar-refractivity contribution is 7.11. The third-order valence-corrected chi connectivity index (χ3v) is 3.01. The maximum Gasteiger partial charge on any atom is 0.0925 e. The fraction of sp³-hybridized carbons (Fsp3) is 0.333. The van der Waals surface area contributed by atoms with Gasteiger partial charge in [-0.25, -0.2) is 4.98 Å². The molecule has 2 aromatic heterocycles. The van der Waals surface area contributed by atoms with Gasteiger partial charge in [-0.3, -0.25) is 5.10 Å². The van der Waals surface area contributed by atoms with E-state index in [0.717, 1.165) is 18.7 Å². The molecule has 2 aromatic rings. The topological polar surface area (TPSA) is 53.6 Å². The van der Waals surface area contributed by atoms with E-state index in [0.29, 0.717) is 0 Å². The lowest BCUT2D eigenvalue weighted by Gasteiger charge is -1.98. The predicted octanol–water partition coefficient (Wildman–Crippen LogP) is 2.04. The first-order valence-corrected chi connectivity index (χ1v) is 5.36. The zero-order chi connectivity index (χ0) is 9.80. The summed E-state index contributed by atoms with van der Waals surface area (Å²) in [4.78, 5) is 5.54. The lowest BCUT2D eigenvalue weighted by atomic mass is 10.5. The second kappa shape index (κ2) is 4.23. The summed E-state index contributed by atoms with van der Waals surface area (Å²) < 4.78 is 0. The summed E-state index contributed by atoms with van der Waals surface area (Å²) in [7, 11) is 0. The number of hydrogen-bond acceptors (Lipinski definition) is 4. The van der Waals surface area contributed by atoms with E-state index < -0.39 is 0 Å². The van der Waals surface area contributed by atoms with Crippen LogP contribution >= 0.6 is 11.3 Å². The molecule has 0 aliphatic carbocycles. The smallest absolute Gasteiger partial charge is 0.0925 e. The molecular weight excluding hydrogens is 196 g/mol. The van der Waals surface area contributed by atoms with Crippen molar-refractivity contribution >= 4 is 17.0 Å². The molecule has 0 aliphatic heterocycles. The Morgan fingerprint density at radius 3 is 3.07 bits per heavy atom. The average Bonchev–Trinajstić information content (AvgIpc) is 2.86. The van der Waals surface area contributed by atoms with Crippen LogP contribution in [0.2, 0.25) is 0 Å². The quantitative estimate of drug-likeness (QED) is 0.808. The Morgan fingerprint density at radius 1 is 1.50 bits per heavy atom. The molecule has 0 atom stereocenters. The Labute approximate surface area is 86.4 Å². The van der Waals surface area contributed by atoms with Crippen molar-refractivity contribution in [2.75, 3.05) is 5.32 Å². The third-order valence-electron chi connectivity index (χ3n) is 1.87. The number of aromatic amines is 1. The highest BCUT2D eigenvalue weighted by atomic mass is 32.1. The van der Waals surface area contributed by atoms with E-state index in [9.17, 15) is 0 Å². The van der Waals surface area contributed by atoms with Gasteiger partial charge in [0.2, 0.25) is 0 Å². The number of H-pyrrole nitrogens is 1. The Balaban J connectivity index is 1.92. The lowest BCUT2D eigenvalue weighted by Crippen LogP contribution is -1.95. The SMILES string of the molecule is CCc1ncc(CNc2cn[nH]c2)s1. The number of thiazole rings is 1. The van der Waals surface area contributed by atoms with Crippen LogP contribution in [0.5, 0.6) is 0 Å². The van der Waals surface area contributed by atoms with Gasteiger partial charge in [0.1, 0.15) is 0 Å². The molecule has 0 radical (unpaired) electrons. The van der Waals surface area contributed by atoms with Gasteiger partial charge in [-0.2, -0.15) is 5.10 Å². The predicted molar refractivity (Wildman–Crippen MR) is 57.4 cm³/mol. The van der Waals surface area contributed by atoms with Crippen LogP contribution < -0.4 is 5.32 Å². The average molecular weight is 208 g/mol. The van der Waals surface area contributed by atoms with Crippen LogP contribution in [0.15, 0.2) is 18.6 Å². The zero-order valence-corrected chi connectivity index (χ0v) is 8.77. The van der Waals surface area contributed by atoms with Gasteiger partial charge in [-0.15, -0.1) is 11.3 Å². The Kier molecular flexibility index (Phi) is 2.78. The van der Waals surface area contributed by atoms with Crippen molar-refractivity contribution in [1.29, 1.82) is 0 Å². The fourth-order valence-corrected chi connectivity index (χ4v) is 1.93. The standard InChI is InChI=1S/C9H12N4S/c1-2-9-11-6-8(14-9)5-10-7-3-12-13-4-7/h3-4,6,10H,2,5H2,1H3,(H,12,13). The van der Waals surface area contributed by atoms with Crippen LogP contribution in [0, 0.1) is 0 Å². The molecule has 0 amide bonds. The Hall–Kier alpha value is -1.36. The summed E-state index contributed by atoms with van der Waals surface area (Å²) in [6.45, 7) is 2.93. The van der Waals surface area contributed by atoms with Crippen LogP contribution in [0.25, 0.3) is 0 Å². The highest BCUT2D eigenvalue weighted by Crippen LogP contribution is 2.14. The molecule has 0 saturated heterocycles. The Morgan fingerprint density at radius 2 is 2.43 bits per heavy atom. The molecule has 14 heavy (non-hydrogen) atoms. The normalized spacial score (nSPS) is 10.4. The van der Waals surface area contributed by atoms with Gasteiger partial charge in [0.15, 0.2) is 0 Å². The van der Waals surface area contributed by atoms with Crippen LogP contribution in [0.3, 0.4) is 0 Å². The summed E-state index contributed by atoms with van der Waals surface area (Å²) in [5.74, 6) is 0. The zero-order valence-electron chi connectivity index (χ0n) is 7.95. The summed E-state index contributed by atoms with van der Waals surface area (Å²) in [5.41, 5.74) is 1.01. The van der Waals surface area contributed by atoms with Crippen molar-refractivity contribution in [3.8, 4) is 0 Å². The van der Waals surface area contributed by atoms with E-state index in [1.54, 1.807) is 17.5 Å². The van der Waals surface area contributed by atoms with Crippen LogP contribution in [0.1, 0.15) is 16.8 Å². The molecule has 0 bridgehead atoms. The first-order chi connectivity index (χ1) is 6.88. The first-order valence-electron chi connectivity index (χ1n) is 4.54. The lowest BCUT2D eigenvalue weighted by molar-refractivity contribution is 1.09. The molecule has 74 valence electrons. The van der Waals surface area contributed by atoms with Gasteiger partial charge < -0.3 is 5.32 Å². The molecule has 0 aliphatic rings. The van der Waals surface area contributed by atoms with Crippen molar-refractivity contribution in [3.05, 3.63) is 28.5 Å². The van der Waals surface area contributed by atoms with E-state index >= 15 is 0 Å². The minimum absolute atomic E-state index is 0.817. The molecule has 2 heterocycles. The summed E-state index contributed by atoms with van der Waals surface area (Å²) >= 11 is 1.75. The number of nitrogens with one attached hydrogen (secondary N) is 2. The summed E-state index contributed by atoms with van der Waals surface area (Å²) in [5, 5.41) is 11.1. The number of aromatic nitrogens is 3. The number of anilines is 1. The maximum atomic E-state index is 4.29. The molecule has 0 unspecified atom stereocenters. The van der Waals surface area contributed by atoms with Crippen LogP contribution in [-0.2, 0) is 13.0 Å². The van der Waals surface area contributed by atoms with Gasteiger partial charge in [0.05, 0.1) is 23.4 Å². The monoisotopic (exact) mass is 208 g/mol. The molecule has 0 saturated carbocycles. The molecule has 0 aromatic carbocycles. The van der Waals surface area contributed by atoms with Crippen molar-refractivity contribution in [1.82, 2.24) is 15.2 Å². The van der Waals surface area contributed by atoms with Crippen molar-refractivity contribution in [2.45, 2.75) is 19.9 Å². The number of rotatable bonds is 4. The minimum Gasteiger partial charge on any atom is -0.378 e. The maximum absolute atomic E-state index is 4.29. The fourth-order valence-electron chi connectivity index (χ4n) is 1.13. The Bertz CT molecular complexity index is 379. The largest absolute Gasteiger partial charge is 0.378 e. The van der Waals surface area contributed by atoms with E-state index in [-0.39, 0.29) is 0 Å². The number of nitrogens with zero attached hydrogens (tertiary/aromatic N) is 2. The third kappa shape index (κ3) is 2.11. The van der Waals surface area contributed by atoms with Gasteiger partial charge in [-0.05, 0) is 6.42 Å². The van der Waals surface area contributed by atoms with Gasteiger partial charge in [-0.1, -0.05) is 6.92 Å². The van der Waals surface area contributed by atoms with E-state index in [2.05, 4.69) is 27.4 Å².